The maximum Gasteiger partial charge on any atom is 0.416 e. The Balaban J connectivity index is 0.000000172. The highest BCUT2D eigenvalue weighted by Gasteiger charge is 2.35. The standard InChI is InChI=1S/C26H25F3N6O4.C25H18F3N3O5.C25H26FN5O/c1-2-38-24(30)34-25-32-14-22(39-25)6-5-18-13-19(7-8-31-18)33-23(37)16-10-17(26(27,28)29)12-20(11-16)35-9-3-4-21(36)15-35;1-14-2-3-17(11-16(14)4-5-20-13-30-23(36-20)22(29)33)21(32)10-15-8-18(25(26,27)28)12-19(9-15)31-6-7-35-24(31)34;1-18-4-6-22(13-19(18)5-7-23-16-27-17-30(23)3)28-25(32)20-12-21(26)15-24(14-20)31-10-8-29(2)9-11-31/h7-8,10-14,21,36H,2-4,9,15H2,1H3,(H2,30,32,34)(H,31,33,37);2-3,8-9,11-13H,6-7,10H2,1H3,(H2,29,33);4,6,12-17H,8-11H2,1-3H3,(H,28,32)/t21-;;/m0../s1. The fraction of sp³-hybridized carbons (Fsp3) is 0.263. The lowest BCUT2D eigenvalue weighted by molar-refractivity contribution is -0.138. The van der Waals surface area contributed by atoms with Gasteiger partial charge in [0, 0.05) is 115 Å². The minimum Gasteiger partial charge on any atom is -0.465 e. The summed E-state index contributed by atoms with van der Waals surface area (Å²) in [4.78, 5) is 88.5. The highest BCUT2D eigenvalue weighted by atomic mass is 19.4. The quantitative estimate of drug-likeness (QED) is 0.0235. The van der Waals surface area contributed by atoms with Crippen LogP contribution in [-0.4, -0.2) is 142 Å². The van der Waals surface area contributed by atoms with Crippen molar-refractivity contribution in [3.63, 3.8) is 0 Å². The number of nitrogens with zero attached hydrogens (tertiary/aromatic N) is 10. The molecule has 12 rings (SSSR count). The van der Waals surface area contributed by atoms with Gasteiger partial charge in [-0.05, 0) is 166 Å². The van der Waals surface area contributed by atoms with Crippen molar-refractivity contribution < 1.29 is 78.1 Å². The summed E-state index contributed by atoms with van der Waals surface area (Å²) in [6, 6.07) is 23.9. The number of piperazine rings is 1. The number of oxazole rings is 2. The second-order valence-corrected chi connectivity index (χ2v) is 24.6. The zero-order valence-corrected chi connectivity index (χ0v) is 58.2. The average molecular weight is 1470 g/mol. The molecule has 0 unspecified atom stereocenters. The number of halogens is 7. The number of hydrogen-bond acceptors (Lipinski definition) is 18. The third-order valence-electron chi connectivity index (χ3n) is 16.6. The number of rotatable bonds is 13. The number of aliphatic hydroxyl groups is 1. The number of ketones is 1. The molecule has 1 atom stereocenters. The van der Waals surface area contributed by atoms with Gasteiger partial charge < -0.3 is 64.8 Å². The summed E-state index contributed by atoms with van der Waals surface area (Å²) in [5.41, 5.74) is 15.1. The number of anilines is 5. The van der Waals surface area contributed by atoms with E-state index in [1.54, 1.807) is 49.5 Å². The normalized spacial score (nSPS) is 14.4. The Morgan fingerprint density at radius 1 is 0.673 bits per heavy atom. The molecule has 107 heavy (non-hydrogen) atoms. The van der Waals surface area contributed by atoms with Crippen LogP contribution >= 0.6 is 0 Å². The van der Waals surface area contributed by atoms with Crippen LogP contribution < -0.4 is 36.8 Å². The van der Waals surface area contributed by atoms with Crippen LogP contribution in [0.3, 0.4) is 0 Å². The molecule has 4 amide bonds. The van der Waals surface area contributed by atoms with Crippen molar-refractivity contribution in [3.05, 3.63) is 224 Å². The number of amides is 4. The van der Waals surface area contributed by atoms with E-state index in [0.29, 0.717) is 42.8 Å². The number of benzene rings is 5. The maximum atomic E-state index is 14.3. The largest absolute Gasteiger partial charge is 0.465 e. The molecule has 4 aromatic heterocycles. The van der Waals surface area contributed by atoms with E-state index < -0.39 is 59.1 Å². The minimum atomic E-state index is -4.67. The van der Waals surface area contributed by atoms with E-state index >= 15 is 0 Å². The lowest BCUT2D eigenvalue weighted by Crippen LogP contribution is -2.44. The highest BCUT2D eigenvalue weighted by molar-refractivity contribution is 6.06. The number of nitrogens with one attached hydrogen (secondary N) is 2. The number of Topliss-reactive ketones (excluding diaryl/α,β-unsaturated/α-hetero) is 1. The summed E-state index contributed by atoms with van der Waals surface area (Å²) >= 11 is 0. The molecule has 0 bridgehead atoms. The van der Waals surface area contributed by atoms with Gasteiger partial charge in [-0.2, -0.15) is 31.3 Å². The van der Waals surface area contributed by atoms with Gasteiger partial charge in [0.15, 0.2) is 17.3 Å². The van der Waals surface area contributed by atoms with Crippen LogP contribution in [0.25, 0.3) is 0 Å². The summed E-state index contributed by atoms with van der Waals surface area (Å²) in [6.07, 6.45) is -2.48. The summed E-state index contributed by atoms with van der Waals surface area (Å²) in [6.45, 7) is 10.1. The van der Waals surface area contributed by atoms with E-state index in [2.05, 4.69) is 87.9 Å². The number of nitrogens with two attached hydrogens (primary N) is 2. The highest BCUT2D eigenvalue weighted by Crippen LogP contribution is 2.36. The fourth-order valence-electron chi connectivity index (χ4n) is 10.9. The lowest BCUT2D eigenvalue weighted by Gasteiger charge is -2.34. The number of β-amino-alcohol motifs (C(OH)–C–C–N with tert-alkyl or cyclic N) is 1. The number of piperidine rings is 1. The van der Waals surface area contributed by atoms with E-state index in [4.69, 9.17) is 29.8 Å². The number of hydrogen-bond donors (Lipinski definition) is 5. The van der Waals surface area contributed by atoms with Crippen LogP contribution in [0, 0.1) is 55.2 Å². The number of amidine groups is 1. The molecule has 0 saturated carbocycles. The van der Waals surface area contributed by atoms with Gasteiger partial charge in [-0.3, -0.25) is 24.1 Å². The Bertz CT molecular complexity index is 5050. The molecule has 3 saturated heterocycles. The first kappa shape index (κ1) is 76.8. The van der Waals surface area contributed by atoms with E-state index in [1.165, 1.54) is 61.1 Å². The molecule has 0 aliphatic carbocycles. The molecule has 9 aromatic rings. The van der Waals surface area contributed by atoms with Crippen LogP contribution in [0.15, 0.2) is 148 Å². The lowest BCUT2D eigenvalue weighted by atomic mass is 9.97. The molecule has 3 aliphatic heterocycles. The van der Waals surface area contributed by atoms with Gasteiger partial charge in [0.05, 0.1) is 55.3 Å². The Morgan fingerprint density at radius 3 is 1.98 bits per heavy atom. The predicted octanol–water partition coefficient (Wildman–Crippen LogP) is 10.8. The van der Waals surface area contributed by atoms with Crippen LogP contribution in [0.4, 0.5) is 70.0 Å². The van der Waals surface area contributed by atoms with Crippen molar-refractivity contribution >= 4 is 70.1 Å². The summed E-state index contributed by atoms with van der Waals surface area (Å²) in [7, 11) is 3.95. The number of carbonyl (C=O) groups excluding carboxylic acids is 5. The Morgan fingerprint density at radius 2 is 1.32 bits per heavy atom. The number of aromatic nitrogens is 5. The number of pyridine rings is 1. The molecule has 0 radical (unpaired) electrons. The number of carbonyl (C=O) groups is 5. The second kappa shape index (κ2) is 34.2. The molecule has 0 spiro atoms. The Hall–Kier alpha value is -12.8. The number of likely N-dealkylation sites (N-methyl/N-ethyl adjacent to an activating group) is 1. The molecule has 7 heterocycles. The molecule has 3 fully saturated rings. The number of primary amides is 1. The van der Waals surface area contributed by atoms with Crippen molar-refractivity contribution in [1.82, 2.24) is 29.4 Å². The number of imidazole rings is 1. The topological polar surface area (TPSA) is 308 Å². The van der Waals surface area contributed by atoms with Crippen LogP contribution in [-0.2, 0) is 35.3 Å². The number of aryl methyl sites for hydroxylation is 3. The molecule has 31 heteroatoms. The third kappa shape index (κ3) is 21.2. The van der Waals surface area contributed by atoms with Crippen molar-refractivity contribution in [1.29, 1.82) is 0 Å². The van der Waals surface area contributed by atoms with Crippen molar-refractivity contribution in [3.8, 4) is 35.5 Å². The van der Waals surface area contributed by atoms with Crippen LogP contribution in [0.5, 0.6) is 0 Å². The summed E-state index contributed by atoms with van der Waals surface area (Å²) < 4.78 is 118. The first-order chi connectivity index (χ1) is 51.0. The van der Waals surface area contributed by atoms with E-state index in [9.17, 15) is 59.8 Å². The molecular formula is C76H69F7N14O10. The Labute approximate surface area is 608 Å². The Kier molecular flexibility index (Phi) is 24.6. The zero-order valence-electron chi connectivity index (χ0n) is 58.2. The van der Waals surface area contributed by atoms with E-state index in [1.807, 2.05) is 36.7 Å². The van der Waals surface area contributed by atoms with Crippen molar-refractivity contribution in [2.24, 2.45) is 23.5 Å². The number of ether oxygens (including phenoxy) is 2. The third-order valence-corrected chi connectivity index (χ3v) is 16.6. The van der Waals surface area contributed by atoms with E-state index in [0.717, 1.165) is 83.4 Å². The number of aliphatic imine (C=N–C) groups is 1. The maximum absolute atomic E-state index is 14.3. The molecule has 3 aliphatic rings. The van der Waals surface area contributed by atoms with Crippen molar-refractivity contribution in [2.45, 2.75) is 58.5 Å². The molecule has 552 valence electrons. The minimum absolute atomic E-state index is 0.00738. The van der Waals surface area contributed by atoms with Gasteiger partial charge in [-0.15, -0.1) is 4.99 Å². The number of aliphatic hydroxyl groups excluding tert-OH is 1. The zero-order chi connectivity index (χ0) is 76.7. The molecule has 5 aromatic carbocycles. The average Bonchev–Trinajstić information content (AvgIpc) is 1.55. The van der Waals surface area contributed by atoms with Crippen LogP contribution in [0.1, 0.15) is 123 Å². The fourth-order valence-corrected chi connectivity index (χ4v) is 10.9. The van der Waals surface area contributed by atoms with Crippen molar-refractivity contribution in [2.75, 3.05) is 91.4 Å². The first-order valence-electron chi connectivity index (χ1n) is 33.1. The van der Waals surface area contributed by atoms with Gasteiger partial charge in [0.2, 0.25) is 0 Å². The van der Waals surface area contributed by atoms with Gasteiger partial charge in [-0.25, -0.2) is 24.1 Å². The number of alkyl halides is 6. The molecular weight excluding hydrogens is 1400 g/mol. The smallest absolute Gasteiger partial charge is 0.416 e. The van der Waals surface area contributed by atoms with Gasteiger partial charge in [0.1, 0.15) is 23.8 Å². The number of cyclic esters (lactones) is 1. The summed E-state index contributed by atoms with van der Waals surface area (Å²) in [5, 5.41) is 15.4. The van der Waals surface area contributed by atoms with Gasteiger partial charge in [-0.1, -0.05) is 30.0 Å². The van der Waals surface area contributed by atoms with Gasteiger partial charge in [0.25, 0.3) is 23.7 Å². The van der Waals surface area contributed by atoms with Gasteiger partial charge >= 0.3 is 30.4 Å². The van der Waals surface area contributed by atoms with Crippen LogP contribution in [0.2, 0.25) is 0 Å². The molecule has 24 nitrogen and oxygen atoms in total. The second-order valence-electron chi connectivity index (χ2n) is 24.6. The first-order valence-corrected chi connectivity index (χ1v) is 33.1. The SMILES string of the molecule is CCOC(N)=Nc1ncc(C#Cc2cc(NC(=O)c3cc(N4CCC[C@H](O)C4)cc(C(F)(F)F)c3)ccn2)o1.Cc1ccc(C(=O)Cc2cc(N3CCOC3=O)cc(C(F)(F)F)c2)cc1C#Cc1cnc(C(N)=O)o1.Cc1ccc(NC(=O)c2cc(F)cc(N3CCN(C)CC3)c2)cc1C#Cc1cncn1C. The predicted molar refractivity (Wildman–Crippen MR) is 381 cm³/mol. The van der Waals surface area contributed by atoms with E-state index in [-0.39, 0.29) is 101 Å². The molecule has 7 N–H and O–H groups in total. The monoisotopic (exact) mass is 1470 g/mol. The summed E-state index contributed by atoms with van der Waals surface area (Å²) in [5.74, 6) is 14.4.